The van der Waals surface area contributed by atoms with E-state index in [4.69, 9.17) is 25.4 Å². The molecule has 0 aliphatic rings. The second-order valence-electron chi connectivity index (χ2n) is 9.10. The van der Waals surface area contributed by atoms with Gasteiger partial charge in [0.1, 0.15) is 17.5 Å². The van der Waals surface area contributed by atoms with Crippen molar-refractivity contribution < 1.29 is 27.3 Å². The van der Waals surface area contributed by atoms with Gasteiger partial charge in [-0.05, 0) is 67.9 Å². The molecule has 0 bridgehead atoms. The lowest BCUT2D eigenvalue weighted by Gasteiger charge is -2.22. The van der Waals surface area contributed by atoms with Crippen LogP contribution >= 0.6 is 0 Å². The number of nitrogens with one attached hydrogen (secondary N) is 3. The molecule has 6 N–H and O–H groups in total. The van der Waals surface area contributed by atoms with Crippen molar-refractivity contribution in [2.45, 2.75) is 26.8 Å². The van der Waals surface area contributed by atoms with E-state index in [-0.39, 0.29) is 37.3 Å². The number of H-pyrrole nitrogens is 1. The fourth-order valence-electron chi connectivity index (χ4n) is 3.95. The van der Waals surface area contributed by atoms with E-state index < -0.39 is 10.1 Å². The number of imidazole rings is 1. The zero-order chi connectivity index (χ0) is 30.9. The number of ether oxygens (including phenoxy) is 1. The quantitative estimate of drug-likeness (QED) is 0.0783. The number of anilines is 2. The van der Waals surface area contributed by atoms with Gasteiger partial charge in [0, 0.05) is 29.6 Å². The van der Waals surface area contributed by atoms with E-state index in [9.17, 15) is 18.0 Å². The lowest BCUT2D eigenvalue weighted by atomic mass is 10.1. The Morgan fingerprint density at radius 1 is 1.14 bits per heavy atom. The highest BCUT2D eigenvalue weighted by molar-refractivity contribution is 7.85. The summed E-state index contributed by atoms with van der Waals surface area (Å²) in [7, 11) is -3.67. The van der Waals surface area contributed by atoms with Crippen LogP contribution in [0.15, 0.2) is 60.8 Å². The van der Waals surface area contributed by atoms with Crippen LogP contribution in [-0.4, -0.2) is 65.0 Å². The summed E-state index contributed by atoms with van der Waals surface area (Å²) in [4.78, 5) is 39.4. The van der Waals surface area contributed by atoms with Crippen molar-refractivity contribution in [3.63, 3.8) is 0 Å². The molecule has 0 atom stereocenters. The molecule has 2 aromatic carbocycles. The Kier molecular flexibility index (Phi) is 10.7. The van der Waals surface area contributed by atoms with E-state index in [1.807, 2.05) is 25.1 Å². The summed E-state index contributed by atoms with van der Waals surface area (Å²) in [6.07, 6.45) is 2.38. The first-order valence-corrected chi connectivity index (χ1v) is 14.7. The fraction of sp³-hybridized carbons (Fsp3) is 0.250. The lowest BCUT2D eigenvalue weighted by Crippen LogP contribution is -2.34. The number of rotatable bonds is 10. The molecule has 13 nitrogen and oxygen atoms in total. The van der Waals surface area contributed by atoms with Crippen molar-refractivity contribution in [2.75, 3.05) is 29.6 Å². The number of nitrogen functional groups attached to an aromatic ring is 1. The van der Waals surface area contributed by atoms with Crippen molar-refractivity contribution >= 4 is 50.4 Å². The number of carbonyl (C=O) groups excluding carboxylic acids is 2. The zero-order valence-electron chi connectivity index (χ0n) is 23.4. The Morgan fingerprint density at radius 3 is 2.43 bits per heavy atom. The van der Waals surface area contributed by atoms with Gasteiger partial charge in [0.25, 0.3) is 16.0 Å². The second-order valence-corrected chi connectivity index (χ2v) is 10.6. The number of amides is 1. The fourth-order valence-corrected chi connectivity index (χ4v) is 3.95. The van der Waals surface area contributed by atoms with E-state index in [0.29, 0.717) is 41.1 Å². The van der Waals surface area contributed by atoms with Crippen LogP contribution in [0.2, 0.25) is 0 Å². The number of carbonyl (C=O) groups is 2. The highest BCUT2D eigenvalue weighted by atomic mass is 32.2. The van der Waals surface area contributed by atoms with Gasteiger partial charge in [-0.25, -0.2) is 9.97 Å². The molecule has 4 rings (SSSR count). The van der Waals surface area contributed by atoms with Gasteiger partial charge in [0.15, 0.2) is 0 Å². The molecule has 222 valence electrons. The maximum Gasteiger partial charge on any atom is 0.307 e. The molecule has 2 aromatic heterocycles. The molecule has 42 heavy (non-hydrogen) atoms. The van der Waals surface area contributed by atoms with Gasteiger partial charge in [-0.15, -0.1) is 0 Å². The molecule has 4 aromatic rings. The molecular formula is C28H33N7O6S. The van der Waals surface area contributed by atoms with Gasteiger partial charge >= 0.3 is 5.97 Å². The molecule has 0 unspecified atom stereocenters. The summed E-state index contributed by atoms with van der Waals surface area (Å²) in [5.74, 6) is 0.549. The summed E-state index contributed by atoms with van der Waals surface area (Å²) < 4.78 is 30.9. The molecule has 0 saturated heterocycles. The summed E-state index contributed by atoms with van der Waals surface area (Å²) in [5, 5.41) is 10.8. The van der Waals surface area contributed by atoms with E-state index in [1.54, 1.807) is 49.5 Å². The summed E-state index contributed by atoms with van der Waals surface area (Å²) in [5.41, 5.74) is 9.75. The normalized spacial score (nSPS) is 10.9. The third kappa shape index (κ3) is 9.11. The molecule has 0 radical (unpaired) electrons. The van der Waals surface area contributed by atoms with Crippen molar-refractivity contribution in [3.05, 3.63) is 83.3 Å². The zero-order valence-corrected chi connectivity index (χ0v) is 24.2. The molecule has 0 aliphatic heterocycles. The number of nitrogens with two attached hydrogens (primary N) is 1. The molecule has 14 heteroatoms. The number of hydrogen-bond acceptors (Lipinski definition) is 9. The van der Waals surface area contributed by atoms with Gasteiger partial charge in [-0.2, -0.15) is 8.42 Å². The number of benzene rings is 2. The summed E-state index contributed by atoms with van der Waals surface area (Å²) in [6.45, 7) is 4.47. The Morgan fingerprint density at radius 2 is 1.83 bits per heavy atom. The highest BCUT2D eigenvalue weighted by Crippen LogP contribution is 2.24. The molecule has 2 heterocycles. The lowest BCUT2D eigenvalue weighted by molar-refractivity contribution is -0.142. The first kappa shape index (κ1) is 31.7. The number of nitrogens with zero attached hydrogens (tertiary/aromatic N) is 3. The van der Waals surface area contributed by atoms with Crippen LogP contribution < -0.4 is 16.0 Å². The Hall–Kier alpha value is -4.82. The summed E-state index contributed by atoms with van der Waals surface area (Å²) in [6, 6.07) is 16.1. The third-order valence-corrected chi connectivity index (χ3v) is 5.86. The first-order valence-electron chi connectivity index (χ1n) is 12.8. The molecule has 0 fully saturated rings. The molecule has 0 aliphatic carbocycles. The van der Waals surface area contributed by atoms with Crippen molar-refractivity contribution in [3.8, 4) is 0 Å². The van der Waals surface area contributed by atoms with E-state index in [1.165, 1.54) is 4.90 Å². The van der Waals surface area contributed by atoms with Crippen LogP contribution in [-0.2, 0) is 26.2 Å². The topological polar surface area (TPSA) is 204 Å². The number of aromatic amines is 1. The van der Waals surface area contributed by atoms with Gasteiger partial charge in [0.2, 0.25) is 0 Å². The first-order chi connectivity index (χ1) is 19.9. The van der Waals surface area contributed by atoms with Gasteiger partial charge in [-0.3, -0.25) is 24.5 Å². The van der Waals surface area contributed by atoms with Crippen molar-refractivity contribution in [2.24, 2.45) is 5.73 Å². The number of amidine groups is 1. The molecular weight excluding hydrogens is 562 g/mol. The van der Waals surface area contributed by atoms with Crippen LogP contribution in [0.3, 0.4) is 0 Å². The average Bonchev–Trinajstić information content (AvgIpc) is 3.36. The minimum atomic E-state index is -3.67. The number of fused-ring (bicyclic) bond motifs is 1. The maximum atomic E-state index is 13.6. The highest BCUT2D eigenvalue weighted by Gasteiger charge is 2.23. The SMILES string of the molecule is CCOC(=O)CCN(C(=O)c1ccc2[nH]c(CNc3ccc(C(=N)N)cc3)nc2c1C)c1ccccn1.CS(=O)(=O)O. The van der Waals surface area contributed by atoms with Gasteiger partial charge in [0.05, 0.1) is 36.9 Å². The monoisotopic (exact) mass is 595 g/mol. The number of pyridine rings is 1. The van der Waals surface area contributed by atoms with Gasteiger partial charge in [-0.1, -0.05) is 6.07 Å². The Balaban J connectivity index is 0.000000892. The van der Waals surface area contributed by atoms with E-state index >= 15 is 0 Å². The van der Waals surface area contributed by atoms with Crippen molar-refractivity contribution in [1.82, 2.24) is 15.0 Å². The standard InChI is InChI=1S/C27H29N7O3.CH4O3S/c1-3-37-24(35)13-15-34(23-6-4-5-14-30-23)27(36)20-11-12-21-25(17(20)2)33-22(32-21)16-31-19-9-7-18(8-10-19)26(28)29;1-5(2,3)4/h4-12,14,31H,3,13,15-16H2,1-2H3,(H3,28,29)(H,32,33);1H3,(H,2,3,4). The maximum absolute atomic E-state index is 13.6. The number of aromatic nitrogens is 3. The van der Waals surface area contributed by atoms with Crippen LogP contribution in [0.5, 0.6) is 0 Å². The minimum absolute atomic E-state index is 0.0205. The third-order valence-electron chi connectivity index (χ3n) is 5.86. The number of hydrogen-bond donors (Lipinski definition) is 5. The van der Waals surface area contributed by atoms with Gasteiger partial charge < -0.3 is 20.8 Å². The second kappa shape index (κ2) is 14.2. The summed E-state index contributed by atoms with van der Waals surface area (Å²) >= 11 is 0. The Bertz CT molecular complexity index is 1650. The number of esters is 1. The van der Waals surface area contributed by atoms with Crippen molar-refractivity contribution in [1.29, 1.82) is 5.41 Å². The van der Waals surface area contributed by atoms with Crippen LogP contribution in [0, 0.1) is 12.3 Å². The Labute approximate surface area is 243 Å². The largest absolute Gasteiger partial charge is 0.466 e. The van der Waals surface area contributed by atoms with Crippen LogP contribution in [0.4, 0.5) is 11.5 Å². The smallest absolute Gasteiger partial charge is 0.307 e. The minimum Gasteiger partial charge on any atom is -0.466 e. The molecule has 1 amide bonds. The molecule has 0 saturated carbocycles. The average molecular weight is 596 g/mol. The molecule has 0 spiro atoms. The predicted molar refractivity (Wildman–Crippen MR) is 160 cm³/mol. The van der Waals surface area contributed by atoms with Crippen LogP contribution in [0.1, 0.15) is 40.7 Å². The van der Waals surface area contributed by atoms with E-state index in [0.717, 1.165) is 16.8 Å². The number of aryl methyl sites for hydroxylation is 1. The van der Waals surface area contributed by atoms with Crippen LogP contribution in [0.25, 0.3) is 11.0 Å². The predicted octanol–water partition coefficient (Wildman–Crippen LogP) is 3.27. The van der Waals surface area contributed by atoms with E-state index in [2.05, 4.69) is 15.3 Å².